The number of aromatic nitrogens is 4. The number of carbonyl (C=O) groups excluding carboxylic acids is 2. The molecule has 0 bridgehead atoms. The standard InChI is InChI=1S/C51H61N7O13/c1-5-38-40-25-35(59)11-12-44(40)54-47-41(38)29-58-45(47)27-43-42(48(58)61)30-70-50(64)51(43,6-2)71-46(60)13-17-65-19-21-67-22-20-66-18-14-53-28-34(55-52)9-7-15-68-36-23-33(49(62)63)24-37(26-36)69-16-8-10-39-31(3)56-57-32(39)4/h11-12,23-28,59H,5-10,13-22,29-30,52H2,1-4H3,(H,56,57)(H,62,63). The van der Waals surface area contributed by atoms with Crippen LogP contribution in [0.1, 0.15) is 95.5 Å². The number of nitrogens with two attached hydrogens (primary N) is 1. The summed E-state index contributed by atoms with van der Waals surface area (Å²) in [7, 11) is 0. The number of benzene rings is 2. The molecule has 1 unspecified atom stereocenters. The Morgan fingerprint density at radius 3 is 2.30 bits per heavy atom. The zero-order chi connectivity index (χ0) is 50.5. The second-order valence-electron chi connectivity index (χ2n) is 17.1. The Morgan fingerprint density at radius 1 is 0.901 bits per heavy atom. The van der Waals surface area contributed by atoms with Crippen molar-refractivity contribution in [3.63, 3.8) is 0 Å². The van der Waals surface area contributed by atoms with Gasteiger partial charge in [0.15, 0.2) is 0 Å². The molecule has 0 amide bonds. The normalized spacial score (nSPS) is 15.2. The molecule has 1 atom stereocenters. The second kappa shape index (κ2) is 24.1. The molecular weight excluding hydrogens is 919 g/mol. The fraction of sp³-hybridized carbons (Fsp3) is 0.451. The lowest BCUT2D eigenvalue weighted by molar-refractivity contribution is -0.190. The van der Waals surface area contributed by atoms with Gasteiger partial charge in [-0.1, -0.05) is 13.8 Å². The third-order valence-electron chi connectivity index (χ3n) is 12.5. The average molecular weight is 980 g/mol. The number of nitrogens with one attached hydrogen (secondary N) is 1. The second-order valence-corrected chi connectivity index (χ2v) is 17.1. The Balaban J connectivity index is 0.768. The highest BCUT2D eigenvalue weighted by Gasteiger charge is 2.50. The van der Waals surface area contributed by atoms with E-state index in [0.29, 0.717) is 91.9 Å². The Bertz CT molecular complexity index is 2840. The van der Waals surface area contributed by atoms with Crippen molar-refractivity contribution in [2.75, 3.05) is 59.4 Å². The molecule has 0 fully saturated rings. The third-order valence-corrected chi connectivity index (χ3v) is 12.5. The summed E-state index contributed by atoms with van der Waals surface area (Å²) in [6, 6.07) is 11.3. The number of phenolic OH excluding ortho intramolecular Hbond substituents is 1. The number of aliphatic imine (C=N–C) groups is 1. The van der Waals surface area contributed by atoms with Gasteiger partial charge in [0.2, 0.25) is 5.60 Å². The molecule has 378 valence electrons. The van der Waals surface area contributed by atoms with Crippen LogP contribution in [0.15, 0.2) is 57.4 Å². The minimum absolute atomic E-state index is 0.0113. The lowest BCUT2D eigenvalue weighted by Gasteiger charge is -2.35. The van der Waals surface area contributed by atoms with Gasteiger partial charge in [0, 0.05) is 34.5 Å². The van der Waals surface area contributed by atoms with Crippen molar-refractivity contribution in [3.8, 4) is 28.6 Å². The van der Waals surface area contributed by atoms with Crippen LogP contribution in [0.4, 0.5) is 0 Å². The number of carbonyl (C=O) groups is 3. The number of nitrogens with zero attached hydrogens (tertiary/aromatic N) is 5. The van der Waals surface area contributed by atoms with Crippen LogP contribution in [0, 0.1) is 13.8 Å². The number of aromatic carboxylic acids is 1. The maximum absolute atomic E-state index is 14.0. The average Bonchev–Trinajstić information content (AvgIpc) is 3.89. The molecule has 0 saturated heterocycles. The number of pyridine rings is 2. The van der Waals surface area contributed by atoms with Crippen molar-refractivity contribution < 1.29 is 57.8 Å². The zero-order valence-corrected chi connectivity index (χ0v) is 40.5. The van der Waals surface area contributed by atoms with E-state index in [9.17, 15) is 29.4 Å². The highest BCUT2D eigenvalue weighted by Crippen LogP contribution is 2.42. The van der Waals surface area contributed by atoms with Crippen LogP contribution in [0.5, 0.6) is 17.2 Å². The summed E-state index contributed by atoms with van der Waals surface area (Å²) < 4.78 is 41.5. The van der Waals surface area contributed by atoms with Crippen LogP contribution in [-0.2, 0) is 64.9 Å². The minimum Gasteiger partial charge on any atom is -0.508 e. The minimum atomic E-state index is -1.83. The number of rotatable bonds is 27. The fourth-order valence-electron chi connectivity index (χ4n) is 8.79. The molecule has 71 heavy (non-hydrogen) atoms. The van der Waals surface area contributed by atoms with Crippen molar-refractivity contribution in [2.24, 2.45) is 15.9 Å². The number of hydrogen-bond donors (Lipinski definition) is 4. The van der Waals surface area contributed by atoms with Crippen molar-refractivity contribution >= 4 is 40.7 Å². The summed E-state index contributed by atoms with van der Waals surface area (Å²) in [5.74, 6) is 3.97. The molecule has 2 aliphatic heterocycles. The predicted molar refractivity (Wildman–Crippen MR) is 262 cm³/mol. The monoisotopic (exact) mass is 979 g/mol. The molecule has 0 radical (unpaired) electrons. The van der Waals surface area contributed by atoms with Gasteiger partial charge in [-0.05, 0) is 99.9 Å². The van der Waals surface area contributed by atoms with E-state index in [0.717, 1.165) is 46.3 Å². The van der Waals surface area contributed by atoms with Gasteiger partial charge in [0.05, 0.1) is 112 Å². The molecule has 20 heteroatoms. The SMILES string of the molecule is CCc1c2c(nc3ccc(O)cc13)-c1cc3c(c(=O)n1C2)COC(=O)C3(CC)OC(=O)CCOCCOCCOCCN=CC(CCCOc1cc(OCCCc2c(C)n[nH]c2C)cc(C(=O)O)c1)=NN. The van der Waals surface area contributed by atoms with Crippen molar-refractivity contribution in [1.29, 1.82) is 0 Å². The summed E-state index contributed by atoms with van der Waals surface area (Å²) in [6.45, 7) is 10.2. The number of aryl methyl sites for hydroxylation is 3. The molecule has 0 aliphatic carbocycles. The lowest BCUT2D eigenvalue weighted by atomic mass is 9.85. The van der Waals surface area contributed by atoms with Crippen LogP contribution < -0.4 is 20.9 Å². The highest BCUT2D eigenvalue weighted by molar-refractivity contribution is 6.30. The summed E-state index contributed by atoms with van der Waals surface area (Å²) in [5.41, 5.74) is 5.76. The van der Waals surface area contributed by atoms with Gasteiger partial charge in [-0.15, -0.1) is 0 Å². The van der Waals surface area contributed by atoms with Gasteiger partial charge >= 0.3 is 17.9 Å². The van der Waals surface area contributed by atoms with Crippen molar-refractivity contribution in [2.45, 2.75) is 91.4 Å². The molecule has 5 N–H and O–H groups in total. The zero-order valence-electron chi connectivity index (χ0n) is 40.5. The number of cyclic esters (lactones) is 1. The largest absolute Gasteiger partial charge is 0.508 e. The summed E-state index contributed by atoms with van der Waals surface area (Å²) in [4.78, 5) is 61.6. The number of aromatic hydroxyl groups is 1. The van der Waals surface area contributed by atoms with Gasteiger partial charge < -0.3 is 53.8 Å². The predicted octanol–water partition coefficient (Wildman–Crippen LogP) is 5.63. The molecule has 5 heterocycles. The Kier molecular flexibility index (Phi) is 17.5. The molecule has 7 rings (SSSR count). The van der Waals surface area contributed by atoms with E-state index in [1.165, 1.54) is 12.1 Å². The van der Waals surface area contributed by atoms with Crippen LogP contribution in [-0.4, -0.2) is 119 Å². The van der Waals surface area contributed by atoms with Crippen molar-refractivity contribution in [1.82, 2.24) is 19.7 Å². The summed E-state index contributed by atoms with van der Waals surface area (Å²) >= 11 is 0. The Hall–Kier alpha value is -7.16. The number of aromatic amines is 1. The summed E-state index contributed by atoms with van der Waals surface area (Å²) in [6.07, 6.45) is 4.68. The number of carboxylic acids is 1. The van der Waals surface area contributed by atoms with Gasteiger partial charge in [-0.25, -0.2) is 14.6 Å². The number of phenols is 1. The molecule has 0 saturated carbocycles. The van der Waals surface area contributed by atoms with Gasteiger partial charge in [-0.3, -0.25) is 19.7 Å². The molecular formula is C51H61N7O13. The van der Waals surface area contributed by atoms with E-state index in [4.69, 9.17) is 44.0 Å². The number of esters is 2. The number of carboxylic acid groups (broad SMARTS) is 1. The highest BCUT2D eigenvalue weighted by atomic mass is 16.6. The molecule has 2 aromatic carbocycles. The van der Waals surface area contributed by atoms with E-state index in [2.05, 4.69) is 20.3 Å². The van der Waals surface area contributed by atoms with E-state index in [1.807, 2.05) is 20.8 Å². The summed E-state index contributed by atoms with van der Waals surface area (Å²) in [5, 5.41) is 31.6. The van der Waals surface area contributed by atoms with E-state index < -0.39 is 23.5 Å². The maximum atomic E-state index is 14.0. The Labute approximate surface area is 410 Å². The third kappa shape index (κ3) is 12.2. The van der Waals surface area contributed by atoms with Crippen LogP contribution in [0.25, 0.3) is 22.3 Å². The molecule has 5 aromatic rings. The van der Waals surface area contributed by atoms with Gasteiger partial charge in [0.25, 0.3) is 5.56 Å². The lowest BCUT2D eigenvalue weighted by Crippen LogP contribution is -2.47. The van der Waals surface area contributed by atoms with Crippen LogP contribution in [0.3, 0.4) is 0 Å². The number of hydrogen-bond acceptors (Lipinski definition) is 17. The first-order valence-electron chi connectivity index (χ1n) is 23.8. The van der Waals surface area contributed by atoms with Gasteiger partial charge in [0.1, 0.15) is 23.9 Å². The number of H-pyrrole nitrogens is 1. The molecule has 3 aromatic heterocycles. The van der Waals surface area contributed by atoms with E-state index >= 15 is 0 Å². The van der Waals surface area contributed by atoms with E-state index in [-0.39, 0.29) is 74.9 Å². The maximum Gasteiger partial charge on any atom is 0.355 e. The topological polar surface area (TPSA) is 271 Å². The molecule has 20 nitrogen and oxygen atoms in total. The first-order chi connectivity index (χ1) is 34.4. The smallest absolute Gasteiger partial charge is 0.355 e. The Morgan fingerprint density at radius 2 is 1.62 bits per heavy atom. The fourth-order valence-corrected chi connectivity index (χ4v) is 8.79. The quantitative estimate of drug-likeness (QED) is 0.0160. The number of fused-ring (bicyclic) bond motifs is 5. The van der Waals surface area contributed by atoms with Crippen LogP contribution in [0.2, 0.25) is 0 Å². The number of hydrazone groups is 1. The first-order valence-corrected chi connectivity index (χ1v) is 23.8. The first kappa shape index (κ1) is 51.7. The molecule has 2 aliphatic rings. The number of ether oxygens (including phenoxy) is 7. The molecule has 0 spiro atoms. The van der Waals surface area contributed by atoms with Gasteiger partial charge in [-0.2, -0.15) is 10.2 Å². The van der Waals surface area contributed by atoms with Crippen LogP contribution >= 0.6 is 0 Å². The van der Waals surface area contributed by atoms with E-state index in [1.54, 1.807) is 48.0 Å². The van der Waals surface area contributed by atoms with Crippen molar-refractivity contribution in [3.05, 3.63) is 97.6 Å².